The van der Waals surface area contributed by atoms with Crippen LogP contribution in [0.15, 0.2) is 46.0 Å². The topological polar surface area (TPSA) is 69.7 Å². The number of nitrogens with zero attached hydrogens (tertiary/aromatic N) is 2. The summed E-state index contributed by atoms with van der Waals surface area (Å²) in [4.78, 5) is 13.9. The number of rotatable bonds is 5. The van der Waals surface area contributed by atoms with Gasteiger partial charge in [-0.1, -0.05) is 12.1 Å². The predicted octanol–water partition coefficient (Wildman–Crippen LogP) is 1.83. The summed E-state index contributed by atoms with van der Waals surface area (Å²) in [6.45, 7) is 1.77. The highest BCUT2D eigenvalue weighted by Crippen LogP contribution is 2.22. The van der Waals surface area contributed by atoms with Gasteiger partial charge >= 0.3 is 0 Å². The van der Waals surface area contributed by atoms with E-state index in [1.807, 2.05) is 4.90 Å². The van der Waals surface area contributed by atoms with E-state index in [0.29, 0.717) is 36.1 Å². The smallest absolute Gasteiger partial charge is 0.252 e. The third kappa shape index (κ3) is 4.43. The third-order valence-corrected chi connectivity index (χ3v) is 7.17. The minimum atomic E-state index is -3.44. The molecular formula is C16H18FN3O3S2. The van der Waals surface area contributed by atoms with Gasteiger partial charge in [0.1, 0.15) is 10.0 Å². The van der Waals surface area contributed by atoms with Crippen molar-refractivity contribution in [1.82, 2.24) is 9.21 Å². The first-order chi connectivity index (χ1) is 11.9. The molecule has 0 aliphatic carbocycles. The van der Waals surface area contributed by atoms with Crippen LogP contribution in [-0.2, 0) is 14.8 Å². The second-order valence-corrected chi connectivity index (χ2v) is 8.78. The quantitative estimate of drug-likeness (QED) is 0.855. The number of amides is 1. The lowest BCUT2D eigenvalue weighted by atomic mass is 10.3. The van der Waals surface area contributed by atoms with Crippen molar-refractivity contribution in [3.63, 3.8) is 0 Å². The average Bonchev–Trinajstić information content (AvgIpc) is 3.10. The highest BCUT2D eigenvalue weighted by Gasteiger charge is 2.29. The average molecular weight is 383 g/mol. The Morgan fingerprint density at radius 1 is 1.16 bits per heavy atom. The lowest BCUT2D eigenvalue weighted by Gasteiger charge is -2.33. The zero-order chi connectivity index (χ0) is 17.9. The Bertz CT molecular complexity index is 832. The maximum Gasteiger partial charge on any atom is 0.252 e. The van der Waals surface area contributed by atoms with E-state index in [9.17, 15) is 17.6 Å². The number of hydrogen-bond donors (Lipinski definition) is 1. The molecule has 1 saturated heterocycles. The minimum Gasteiger partial charge on any atom is -0.325 e. The van der Waals surface area contributed by atoms with Gasteiger partial charge in [0, 0.05) is 31.9 Å². The van der Waals surface area contributed by atoms with E-state index < -0.39 is 15.8 Å². The van der Waals surface area contributed by atoms with E-state index in [4.69, 9.17) is 0 Å². The van der Waals surface area contributed by atoms with Crippen molar-refractivity contribution in [3.8, 4) is 0 Å². The molecule has 1 aliphatic rings. The maximum atomic E-state index is 13.1. The van der Waals surface area contributed by atoms with E-state index in [2.05, 4.69) is 5.32 Å². The Kier molecular flexibility index (Phi) is 5.48. The summed E-state index contributed by atoms with van der Waals surface area (Å²) in [5, 5.41) is 4.38. The number of benzene rings is 1. The van der Waals surface area contributed by atoms with Crippen molar-refractivity contribution >= 4 is 33.0 Å². The molecule has 1 amide bonds. The fraction of sp³-hybridized carbons (Fsp3) is 0.312. The number of carbonyl (C=O) groups is 1. The normalized spacial score (nSPS) is 16.7. The fourth-order valence-electron chi connectivity index (χ4n) is 2.64. The van der Waals surface area contributed by atoms with E-state index in [1.165, 1.54) is 33.8 Å². The van der Waals surface area contributed by atoms with Crippen molar-refractivity contribution in [1.29, 1.82) is 0 Å². The van der Waals surface area contributed by atoms with Gasteiger partial charge in [-0.15, -0.1) is 11.3 Å². The van der Waals surface area contributed by atoms with Gasteiger partial charge < -0.3 is 5.32 Å². The van der Waals surface area contributed by atoms with Crippen LogP contribution in [0.5, 0.6) is 0 Å². The third-order valence-electron chi connectivity index (χ3n) is 3.90. The van der Waals surface area contributed by atoms with Crippen molar-refractivity contribution in [3.05, 3.63) is 47.6 Å². The van der Waals surface area contributed by atoms with Gasteiger partial charge in [-0.25, -0.2) is 12.8 Å². The second-order valence-electron chi connectivity index (χ2n) is 5.67. The number of sulfonamides is 1. The molecule has 1 N–H and O–H groups in total. The molecule has 2 aromatic rings. The molecule has 0 unspecified atom stereocenters. The van der Waals surface area contributed by atoms with Crippen LogP contribution >= 0.6 is 11.3 Å². The summed E-state index contributed by atoms with van der Waals surface area (Å²) in [5.41, 5.74) is 0.406. The van der Waals surface area contributed by atoms with Crippen molar-refractivity contribution in [2.45, 2.75) is 4.21 Å². The predicted molar refractivity (Wildman–Crippen MR) is 94.5 cm³/mol. The van der Waals surface area contributed by atoms with Crippen LogP contribution in [0.4, 0.5) is 10.1 Å². The maximum absolute atomic E-state index is 13.1. The molecule has 0 radical (unpaired) electrons. The van der Waals surface area contributed by atoms with E-state index in [1.54, 1.807) is 23.6 Å². The van der Waals surface area contributed by atoms with Crippen molar-refractivity contribution < 1.29 is 17.6 Å². The Morgan fingerprint density at radius 3 is 2.56 bits per heavy atom. The van der Waals surface area contributed by atoms with Crippen LogP contribution in [-0.4, -0.2) is 56.3 Å². The summed E-state index contributed by atoms with van der Waals surface area (Å²) >= 11 is 1.20. The molecule has 6 nitrogen and oxygen atoms in total. The number of thiophene rings is 1. The molecule has 1 fully saturated rings. The number of anilines is 1. The Balaban J connectivity index is 1.52. The lowest BCUT2D eigenvalue weighted by molar-refractivity contribution is -0.117. The lowest BCUT2D eigenvalue weighted by Crippen LogP contribution is -2.50. The monoisotopic (exact) mass is 383 g/mol. The Hall–Kier alpha value is -1.81. The minimum absolute atomic E-state index is 0.142. The number of carbonyl (C=O) groups excluding carboxylic acids is 1. The van der Waals surface area contributed by atoms with Crippen LogP contribution < -0.4 is 5.32 Å². The number of halogens is 1. The highest BCUT2D eigenvalue weighted by molar-refractivity contribution is 7.91. The summed E-state index contributed by atoms with van der Waals surface area (Å²) in [6.07, 6.45) is 0. The van der Waals surface area contributed by atoms with Gasteiger partial charge in [0.05, 0.1) is 6.54 Å². The molecule has 0 atom stereocenters. The molecule has 0 saturated carbocycles. The highest BCUT2D eigenvalue weighted by atomic mass is 32.2. The Morgan fingerprint density at radius 2 is 1.92 bits per heavy atom. The van der Waals surface area contributed by atoms with Gasteiger partial charge in [0.15, 0.2) is 0 Å². The molecule has 134 valence electrons. The number of nitrogens with one attached hydrogen (secondary N) is 1. The fourth-order valence-corrected chi connectivity index (χ4v) is 5.20. The van der Waals surface area contributed by atoms with Crippen LogP contribution in [0.2, 0.25) is 0 Å². The largest absolute Gasteiger partial charge is 0.325 e. The molecule has 3 rings (SSSR count). The Labute approximate surface area is 149 Å². The first-order valence-electron chi connectivity index (χ1n) is 7.76. The first-order valence-corrected chi connectivity index (χ1v) is 10.1. The van der Waals surface area contributed by atoms with Gasteiger partial charge in [-0.3, -0.25) is 9.69 Å². The first kappa shape index (κ1) is 18.0. The van der Waals surface area contributed by atoms with Crippen LogP contribution in [0.1, 0.15) is 0 Å². The van der Waals surface area contributed by atoms with Gasteiger partial charge in [-0.05, 0) is 29.6 Å². The summed E-state index contributed by atoms with van der Waals surface area (Å²) in [5.74, 6) is -0.662. The van der Waals surface area contributed by atoms with Gasteiger partial charge in [0.25, 0.3) is 10.0 Å². The van der Waals surface area contributed by atoms with E-state index in [0.717, 1.165) is 0 Å². The number of piperazine rings is 1. The van der Waals surface area contributed by atoms with Crippen LogP contribution in [0.3, 0.4) is 0 Å². The molecule has 1 aromatic carbocycles. The van der Waals surface area contributed by atoms with E-state index >= 15 is 0 Å². The van der Waals surface area contributed by atoms with Crippen molar-refractivity contribution in [2.75, 3.05) is 38.0 Å². The molecule has 2 heterocycles. The van der Waals surface area contributed by atoms with E-state index in [-0.39, 0.29) is 12.5 Å². The van der Waals surface area contributed by atoms with Crippen LogP contribution in [0, 0.1) is 5.82 Å². The molecule has 9 heteroatoms. The molecule has 25 heavy (non-hydrogen) atoms. The molecule has 1 aliphatic heterocycles. The zero-order valence-electron chi connectivity index (χ0n) is 13.4. The summed E-state index contributed by atoms with van der Waals surface area (Å²) in [7, 11) is -3.44. The zero-order valence-corrected chi connectivity index (χ0v) is 15.0. The van der Waals surface area contributed by atoms with Gasteiger partial charge in [0.2, 0.25) is 5.91 Å². The molecule has 0 spiro atoms. The second kappa shape index (κ2) is 7.61. The number of hydrogen-bond acceptors (Lipinski definition) is 5. The van der Waals surface area contributed by atoms with Gasteiger partial charge in [-0.2, -0.15) is 4.31 Å². The molecular weight excluding hydrogens is 365 g/mol. The van der Waals surface area contributed by atoms with Crippen molar-refractivity contribution in [2.24, 2.45) is 0 Å². The standard InChI is InChI=1S/C16H18FN3O3S2/c17-13-3-1-4-14(11-13)18-15(21)12-19-6-8-20(9-7-19)25(22,23)16-5-2-10-24-16/h1-5,10-11H,6-9,12H2,(H,18,21). The molecule has 0 bridgehead atoms. The molecule has 1 aromatic heterocycles. The summed E-state index contributed by atoms with van der Waals surface area (Å²) in [6, 6.07) is 9.02. The van der Waals surface area contributed by atoms with Crippen LogP contribution in [0.25, 0.3) is 0 Å². The summed E-state index contributed by atoms with van der Waals surface area (Å²) < 4.78 is 39.8. The SMILES string of the molecule is O=C(CN1CCN(S(=O)(=O)c2cccs2)CC1)Nc1cccc(F)c1.